The summed E-state index contributed by atoms with van der Waals surface area (Å²) in [5.41, 5.74) is 1.84. The first-order valence-corrected chi connectivity index (χ1v) is 8.80. The fourth-order valence-electron chi connectivity index (χ4n) is 3.52. The van der Waals surface area contributed by atoms with Gasteiger partial charge in [-0.1, -0.05) is 12.1 Å². The maximum atomic E-state index is 13.6. The molecule has 26 heavy (non-hydrogen) atoms. The number of aromatic nitrogens is 2. The zero-order chi connectivity index (χ0) is 18.1. The highest BCUT2D eigenvalue weighted by atomic mass is 19.1. The first-order valence-electron chi connectivity index (χ1n) is 8.80. The number of aryl methyl sites for hydroxylation is 1. The Labute approximate surface area is 150 Å². The van der Waals surface area contributed by atoms with Crippen molar-refractivity contribution in [2.24, 2.45) is 0 Å². The van der Waals surface area contributed by atoms with Gasteiger partial charge in [-0.05, 0) is 56.0 Å². The summed E-state index contributed by atoms with van der Waals surface area (Å²) >= 11 is 0. The van der Waals surface area contributed by atoms with Crippen LogP contribution in [0, 0.1) is 12.7 Å². The minimum Gasteiger partial charge on any atom is -0.460 e. The fourth-order valence-corrected chi connectivity index (χ4v) is 3.52. The molecule has 1 fully saturated rings. The number of nitrogens with zero attached hydrogens (tertiary/aromatic N) is 2. The third kappa shape index (κ3) is 3.14. The number of amides is 1. The van der Waals surface area contributed by atoms with E-state index < -0.39 is 0 Å². The lowest BCUT2D eigenvalue weighted by Gasteiger charge is -2.35. The number of furan rings is 1. The smallest absolute Gasteiger partial charge is 0.274 e. The summed E-state index contributed by atoms with van der Waals surface area (Å²) in [6.07, 6.45) is 2.78. The Morgan fingerprint density at radius 3 is 2.92 bits per heavy atom. The molecule has 1 aliphatic rings. The second-order valence-electron chi connectivity index (χ2n) is 6.64. The van der Waals surface area contributed by atoms with Crippen LogP contribution in [0.5, 0.6) is 0 Å². The van der Waals surface area contributed by atoms with E-state index in [1.165, 1.54) is 12.1 Å². The van der Waals surface area contributed by atoms with Gasteiger partial charge in [-0.2, -0.15) is 5.10 Å². The van der Waals surface area contributed by atoms with Crippen LogP contribution in [-0.4, -0.2) is 27.5 Å². The monoisotopic (exact) mass is 353 g/mol. The van der Waals surface area contributed by atoms with Crippen LogP contribution in [0.4, 0.5) is 4.39 Å². The Morgan fingerprint density at radius 1 is 1.27 bits per heavy atom. The molecule has 4 rings (SSSR count). The van der Waals surface area contributed by atoms with E-state index in [4.69, 9.17) is 4.42 Å². The third-order valence-electron chi connectivity index (χ3n) is 4.80. The number of hydrogen-bond acceptors (Lipinski definition) is 3. The van der Waals surface area contributed by atoms with Crippen LogP contribution in [0.1, 0.15) is 47.1 Å². The molecule has 0 spiro atoms. The molecule has 1 atom stereocenters. The molecule has 1 aromatic carbocycles. The number of hydrogen-bond donors (Lipinski definition) is 1. The molecule has 134 valence electrons. The predicted molar refractivity (Wildman–Crippen MR) is 95.1 cm³/mol. The van der Waals surface area contributed by atoms with Crippen molar-refractivity contribution in [2.45, 2.75) is 32.2 Å². The van der Waals surface area contributed by atoms with Crippen LogP contribution in [0.25, 0.3) is 11.5 Å². The highest BCUT2D eigenvalue weighted by molar-refractivity contribution is 5.93. The molecule has 1 saturated heterocycles. The Kier molecular flexibility index (Phi) is 4.32. The number of benzene rings is 1. The fraction of sp³-hybridized carbons (Fsp3) is 0.300. The van der Waals surface area contributed by atoms with E-state index in [1.807, 2.05) is 25.1 Å². The third-order valence-corrected chi connectivity index (χ3v) is 4.80. The summed E-state index contributed by atoms with van der Waals surface area (Å²) in [6, 6.07) is 11.8. The molecule has 1 aliphatic heterocycles. The normalized spacial score (nSPS) is 17.5. The van der Waals surface area contributed by atoms with Gasteiger partial charge in [-0.3, -0.25) is 9.89 Å². The summed E-state index contributed by atoms with van der Waals surface area (Å²) in [4.78, 5) is 14.8. The van der Waals surface area contributed by atoms with Crippen molar-refractivity contribution >= 4 is 5.91 Å². The zero-order valence-corrected chi connectivity index (χ0v) is 14.5. The number of likely N-dealkylation sites (tertiary alicyclic amines) is 1. The molecule has 0 bridgehead atoms. The van der Waals surface area contributed by atoms with Crippen LogP contribution in [0.2, 0.25) is 0 Å². The van der Waals surface area contributed by atoms with Crippen LogP contribution in [0.3, 0.4) is 0 Å². The van der Waals surface area contributed by atoms with Gasteiger partial charge in [0.15, 0.2) is 11.5 Å². The Balaban J connectivity index is 1.60. The number of H-pyrrole nitrogens is 1. The van der Waals surface area contributed by atoms with E-state index in [-0.39, 0.29) is 17.8 Å². The molecule has 1 N–H and O–H groups in total. The standard InChI is InChI=1S/C20H20FN3O2/c1-13-8-9-19(26-13)16-12-17(23-22-16)20(25)24-10-3-2-7-18(24)14-5-4-6-15(21)11-14/h4-6,8-9,11-12,18H,2-3,7,10H2,1H3,(H,22,23). The van der Waals surface area contributed by atoms with Gasteiger partial charge in [0.05, 0.1) is 6.04 Å². The van der Waals surface area contributed by atoms with E-state index in [2.05, 4.69) is 10.2 Å². The average molecular weight is 353 g/mol. The second kappa shape index (κ2) is 6.78. The van der Waals surface area contributed by atoms with E-state index in [1.54, 1.807) is 17.0 Å². The number of aromatic amines is 1. The van der Waals surface area contributed by atoms with Gasteiger partial charge in [0.1, 0.15) is 17.3 Å². The minimum absolute atomic E-state index is 0.127. The summed E-state index contributed by atoms with van der Waals surface area (Å²) in [6.45, 7) is 2.51. The lowest BCUT2D eigenvalue weighted by Crippen LogP contribution is -2.38. The van der Waals surface area contributed by atoms with Crippen LogP contribution < -0.4 is 0 Å². The van der Waals surface area contributed by atoms with E-state index in [0.717, 1.165) is 30.6 Å². The molecule has 3 heterocycles. The van der Waals surface area contributed by atoms with Crippen LogP contribution >= 0.6 is 0 Å². The van der Waals surface area contributed by atoms with E-state index >= 15 is 0 Å². The molecule has 0 saturated carbocycles. The van der Waals surface area contributed by atoms with Crippen molar-refractivity contribution in [3.05, 3.63) is 65.3 Å². The second-order valence-corrected chi connectivity index (χ2v) is 6.64. The summed E-state index contributed by atoms with van der Waals surface area (Å²) in [5, 5.41) is 7.04. The molecule has 3 aromatic rings. The number of carbonyl (C=O) groups is 1. The lowest BCUT2D eigenvalue weighted by atomic mass is 9.95. The van der Waals surface area contributed by atoms with Crippen LogP contribution in [-0.2, 0) is 0 Å². The number of piperidine rings is 1. The molecular formula is C20H20FN3O2. The maximum Gasteiger partial charge on any atom is 0.274 e. The predicted octanol–water partition coefficient (Wildman–Crippen LogP) is 4.48. The van der Waals surface area contributed by atoms with Gasteiger partial charge in [0.25, 0.3) is 5.91 Å². The van der Waals surface area contributed by atoms with Crippen molar-refractivity contribution < 1.29 is 13.6 Å². The van der Waals surface area contributed by atoms with Gasteiger partial charge in [0.2, 0.25) is 0 Å². The average Bonchev–Trinajstić information content (AvgIpc) is 3.30. The lowest BCUT2D eigenvalue weighted by molar-refractivity contribution is 0.0605. The molecule has 6 heteroatoms. The van der Waals surface area contributed by atoms with Gasteiger partial charge in [-0.25, -0.2) is 4.39 Å². The van der Waals surface area contributed by atoms with Crippen molar-refractivity contribution in [1.82, 2.24) is 15.1 Å². The zero-order valence-electron chi connectivity index (χ0n) is 14.5. The Hall–Kier alpha value is -2.89. The van der Waals surface area contributed by atoms with Gasteiger partial charge in [-0.15, -0.1) is 0 Å². The SMILES string of the molecule is Cc1ccc(-c2cc(C(=O)N3CCCCC3c3cccc(F)c3)n[nH]2)o1. The van der Waals surface area contributed by atoms with Gasteiger partial charge >= 0.3 is 0 Å². The Bertz CT molecular complexity index is 931. The van der Waals surface area contributed by atoms with Crippen LogP contribution in [0.15, 0.2) is 46.9 Å². The minimum atomic E-state index is -0.282. The summed E-state index contributed by atoms with van der Waals surface area (Å²) < 4.78 is 19.2. The molecule has 1 unspecified atom stereocenters. The maximum absolute atomic E-state index is 13.6. The van der Waals surface area contributed by atoms with E-state index in [9.17, 15) is 9.18 Å². The number of carbonyl (C=O) groups excluding carboxylic acids is 1. The highest BCUT2D eigenvalue weighted by Gasteiger charge is 2.30. The topological polar surface area (TPSA) is 62.1 Å². The molecule has 0 aliphatic carbocycles. The van der Waals surface area contributed by atoms with Crippen molar-refractivity contribution in [1.29, 1.82) is 0 Å². The molecule has 5 nitrogen and oxygen atoms in total. The molecule has 1 amide bonds. The number of rotatable bonds is 3. The summed E-state index contributed by atoms with van der Waals surface area (Å²) in [7, 11) is 0. The van der Waals surface area contributed by atoms with E-state index in [0.29, 0.717) is 23.7 Å². The molecule has 2 aromatic heterocycles. The Morgan fingerprint density at radius 2 is 2.15 bits per heavy atom. The molecule has 0 radical (unpaired) electrons. The largest absolute Gasteiger partial charge is 0.460 e. The van der Waals surface area contributed by atoms with Crippen molar-refractivity contribution in [3.63, 3.8) is 0 Å². The number of halogens is 1. The highest BCUT2D eigenvalue weighted by Crippen LogP contribution is 2.32. The molecular weight excluding hydrogens is 333 g/mol. The van der Waals surface area contributed by atoms with Gasteiger partial charge in [0, 0.05) is 12.6 Å². The quantitative estimate of drug-likeness (QED) is 0.755. The first-order chi connectivity index (χ1) is 12.6. The first kappa shape index (κ1) is 16.6. The van der Waals surface area contributed by atoms with Crippen molar-refractivity contribution in [2.75, 3.05) is 6.54 Å². The number of nitrogens with one attached hydrogen (secondary N) is 1. The van der Waals surface area contributed by atoms with Gasteiger partial charge < -0.3 is 9.32 Å². The summed E-state index contributed by atoms with van der Waals surface area (Å²) in [5.74, 6) is 1.01. The van der Waals surface area contributed by atoms with Crippen molar-refractivity contribution in [3.8, 4) is 11.5 Å².